The quantitative estimate of drug-likeness (QED) is 0.646. The fraction of sp³-hybridized carbons (Fsp3) is 0.476. The Labute approximate surface area is 139 Å². The van der Waals surface area contributed by atoms with E-state index in [1.807, 2.05) is 6.07 Å². The highest BCUT2D eigenvalue weighted by molar-refractivity contribution is 5.26. The van der Waals surface area contributed by atoms with Gasteiger partial charge in [0.2, 0.25) is 5.95 Å². The molecule has 3 rings (SSSR count). The van der Waals surface area contributed by atoms with Crippen molar-refractivity contribution >= 4 is 0 Å². The zero-order chi connectivity index (χ0) is 16.1. The van der Waals surface area contributed by atoms with Gasteiger partial charge in [0, 0.05) is 6.20 Å². The van der Waals surface area contributed by atoms with E-state index < -0.39 is 5.95 Å². The molecule has 0 radical (unpaired) electrons. The Morgan fingerprint density at radius 3 is 2.17 bits per heavy atom. The first-order valence-electron chi connectivity index (χ1n) is 8.94. The maximum absolute atomic E-state index is 12.8. The first-order valence-corrected chi connectivity index (χ1v) is 8.94. The van der Waals surface area contributed by atoms with E-state index in [-0.39, 0.29) is 0 Å². The molecular formula is C21H26FN. The van der Waals surface area contributed by atoms with Crippen LogP contribution in [0.5, 0.6) is 0 Å². The van der Waals surface area contributed by atoms with Crippen LogP contribution in [0.2, 0.25) is 0 Å². The second kappa shape index (κ2) is 7.72. The Hall–Kier alpha value is -1.70. The average molecular weight is 311 g/mol. The van der Waals surface area contributed by atoms with Gasteiger partial charge in [0.05, 0.1) is 0 Å². The molecule has 1 fully saturated rings. The lowest BCUT2D eigenvalue weighted by Crippen LogP contribution is -2.12. The summed E-state index contributed by atoms with van der Waals surface area (Å²) in [4.78, 5) is 3.71. The highest BCUT2D eigenvalue weighted by Gasteiger charge is 2.20. The molecule has 122 valence electrons. The number of aromatic nitrogens is 1. The minimum Gasteiger partial charge on any atom is -0.228 e. The van der Waals surface area contributed by atoms with Gasteiger partial charge in [-0.2, -0.15) is 4.39 Å². The van der Waals surface area contributed by atoms with Crippen LogP contribution in [0.3, 0.4) is 0 Å². The normalized spacial score (nSPS) is 21.3. The number of hydrogen-bond donors (Lipinski definition) is 0. The summed E-state index contributed by atoms with van der Waals surface area (Å²) in [6.45, 7) is 2.32. The monoisotopic (exact) mass is 311 g/mol. The van der Waals surface area contributed by atoms with E-state index in [1.54, 1.807) is 6.20 Å². The van der Waals surface area contributed by atoms with Crippen LogP contribution in [0, 0.1) is 11.9 Å². The Balaban J connectivity index is 1.54. The van der Waals surface area contributed by atoms with E-state index in [1.165, 1.54) is 49.3 Å². The predicted octanol–water partition coefficient (Wildman–Crippen LogP) is 5.69. The molecule has 1 aliphatic carbocycles. The second-order valence-electron chi connectivity index (χ2n) is 6.86. The van der Waals surface area contributed by atoms with Crippen LogP contribution < -0.4 is 0 Å². The Kier molecular flexibility index (Phi) is 5.43. The van der Waals surface area contributed by atoms with Gasteiger partial charge >= 0.3 is 0 Å². The van der Waals surface area contributed by atoms with Crippen molar-refractivity contribution in [3.8, 4) is 0 Å². The summed E-state index contributed by atoms with van der Waals surface area (Å²) >= 11 is 0. The van der Waals surface area contributed by atoms with Gasteiger partial charge in [-0.1, -0.05) is 43.7 Å². The van der Waals surface area contributed by atoms with E-state index in [0.29, 0.717) is 0 Å². The number of halogens is 1. The van der Waals surface area contributed by atoms with Crippen LogP contribution in [0.4, 0.5) is 4.39 Å². The van der Waals surface area contributed by atoms with Crippen molar-refractivity contribution in [1.82, 2.24) is 4.98 Å². The molecule has 2 aromatic rings. The molecule has 23 heavy (non-hydrogen) atoms. The maximum Gasteiger partial charge on any atom is 0.212 e. The van der Waals surface area contributed by atoms with Crippen molar-refractivity contribution < 1.29 is 4.39 Å². The van der Waals surface area contributed by atoms with E-state index in [4.69, 9.17) is 0 Å². The molecule has 0 saturated heterocycles. The van der Waals surface area contributed by atoms with Crippen molar-refractivity contribution in [1.29, 1.82) is 0 Å². The summed E-state index contributed by atoms with van der Waals surface area (Å²) in [5, 5.41) is 0. The van der Waals surface area contributed by atoms with E-state index in [2.05, 4.69) is 36.2 Å². The number of hydrogen-bond acceptors (Lipinski definition) is 1. The van der Waals surface area contributed by atoms with Crippen LogP contribution in [0.15, 0.2) is 42.6 Å². The van der Waals surface area contributed by atoms with Crippen LogP contribution >= 0.6 is 0 Å². The maximum atomic E-state index is 12.8. The third-order valence-electron chi connectivity index (χ3n) is 5.37. The molecule has 0 spiro atoms. The van der Waals surface area contributed by atoms with Gasteiger partial charge < -0.3 is 0 Å². The summed E-state index contributed by atoms with van der Waals surface area (Å²) < 4.78 is 12.8. The van der Waals surface area contributed by atoms with E-state index in [9.17, 15) is 4.39 Å². The largest absolute Gasteiger partial charge is 0.228 e. The summed E-state index contributed by atoms with van der Waals surface area (Å²) in [6.07, 6.45) is 10.3. The first kappa shape index (κ1) is 16.2. The van der Waals surface area contributed by atoms with E-state index >= 15 is 0 Å². The fourth-order valence-corrected chi connectivity index (χ4v) is 3.70. The molecule has 1 saturated carbocycles. The molecule has 0 N–H and O–H groups in total. The molecule has 1 aromatic carbocycles. The van der Waals surface area contributed by atoms with Gasteiger partial charge in [0.15, 0.2) is 0 Å². The number of benzene rings is 1. The zero-order valence-electron chi connectivity index (χ0n) is 14.0. The minimum atomic E-state index is -0.407. The lowest BCUT2D eigenvalue weighted by atomic mass is 9.78. The topological polar surface area (TPSA) is 12.9 Å². The SMILES string of the molecule is CC[C@H]1CC[C@H](c2ccc(CCc3ccc(F)nc3)cc2)CC1. The molecule has 2 heteroatoms. The molecule has 1 nitrogen and oxygen atoms in total. The highest BCUT2D eigenvalue weighted by Crippen LogP contribution is 2.36. The average Bonchev–Trinajstić information content (AvgIpc) is 2.62. The van der Waals surface area contributed by atoms with Crippen molar-refractivity contribution in [3.05, 3.63) is 65.2 Å². The molecule has 0 atom stereocenters. The second-order valence-corrected chi connectivity index (χ2v) is 6.86. The molecule has 0 amide bonds. The van der Waals surface area contributed by atoms with Gasteiger partial charge in [-0.3, -0.25) is 0 Å². The number of aryl methyl sites for hydroxylation is 2. The Morgan fingerprint density at radius 2 is 1.57 bits per heavy atom. The smallest absolute Gasteiger partial charge is 0.212 e. The molecular weight excluding hydrogens is 285 g/mol. The molecule has 0 aliphatic heterocycles. The highest BCUT2D eigenvalue weighted by atomic mass is 19.1. The predicted molar refractivity (Wildman–Crippen MR) is 93.0 cm³/mol. The van der Waals surface area contributed by atoms with Crippen molar-refractivity contribution in [2.24, 2.45) is 5.92 Å². The molecule has 1 aromatic heterocycles. The van der Waals surface area contributed by atoms with Gasteiger partial charge in [0.1, 0.15) is 0 Å². The summed E-state index contributed by atoms with van der Waals surface area (Å²) in [6, 6.07) is 12.4. The Morgan fingerprint density at radius 1 is 0.913 bits per heavy atom. The molecule has 1 aliphatic rings. The van der Waals surface area contributed by atoms with Crippen LogP contribution in [0.25, 0.3) is 0 Å². The van der Waals surface area contributed by atoms with Gasteiger partial charge in [-0.25, -0.2) is 4.98 Å². The molecule has 0 unspecified atom stereocenters. The van der Waals surface area contributed by atoms with Crippen LogP contribution in [-0.4, -0.2) is 4.98 Å². The summed E-state index contributed by atoms with van der Waals surface area (Å²) in [5.74, 6) is 1.30. The van der Waals surface area contributed by atoms with Crippen LogP contribution in [-0.2, 0) is 12.8 Å². The van der Waals surface area contributed by atoms with Crippen molar-refractivity contribution in [2.75, 3.05) is 0 Å². The first-order chi connectivity index (χ1) is 11.2. The van der Waals surface area contributed by atoms with Crippen LogP contribution in [0.1, 0.15) is 61.6 Å². The lowest BCUT2D eigenvalue weighted by Gasteiger charge is -2.28. The third kappa shape index (κ3) is 4.40. The summed E-state index contributed by atoms with van der Waals surface area (Å²) in [7, 11) is 0. The van der Waals surface area contributed by atoms with Crippen molar-refractivity contribution in [2.45, 2.75) is 57.8 Å². The van der Waals surface area contributed by atoms with E-state index in [0.717, 1.165) is 30.2 Å². The molecule has 1 heterocycles. The summed E-state index contributed by atoms with van der Waals surface area (Å²) in [5.41, 5.74) is 3.94. The Bertz CT molecular complexity index is 595. The zero-order valence-corrected chi connectivity index (χ0v) is 14.0. The third-order valence-corrected chi connectivity index (χ3v) is 5.37. The van der Waals surface area contributed by atoms with Gasteiger partial charge in [-0.05, 0) is 73.1 Å². The molecule has 0 bridgehead atoms. The fourth-order valence-electron chi connectivity index (χ4n) is 3.70. The number of nitrogens with zero attached hydrogens (tertiary/aromatic N) is 1. The standard InChI is InChI=1S/C21H26FN/c1-2-16-5-10-19(11-6-16)20-12-7-17(8-13-20)3-4-18-9-14-21(22)23-15-18/h7-9,12-16,19H,2-6,10-11H2,1H3/t16-,19-. The van der Waals surface area contributed by atoms with Gasteiger partial charge in [0.25, 0.3) is 0 Å². The number of pyridine rings is 1. The van der Waals surface area contributed by atoms with Crippen molar-refractivity contribution in [3.63, 3.8) is 0 Å². The lowest BCUT2D eigenvalue weighted by molar-refractivity contribution is 0.319. The minimum absolute atomic E-state index is 0.407. The number of rotatable bonds is 5. The van der Waals surface area contributed by atoms with Gasteiger partial charge in [-0.15, -0.1) is 0 Å².